The first kappa shape index (κ1) is 15.2. The summed E-state index contributed by atoms with van der Waals surface area (Å²) in [6, 6.07) is 7.63. The van der Waals surface area contributed by atoms with Gasteiger partial charge in [-0.2, -0.15) is 0 Å². The molecule has 0 unspecified atom stereocenters. The molecule has 2 N–H and O–H groups in total. The maximum absolute atomic E-state index is 11.8. The van der Waals surface area contributed by atoms with Gasteiger partial charge in [0.25, 0.3) is 0 Å². The molecular weight excluding hydrogens is 270 g/mol. The molecule has 1 fully saturated rings. The van der Waals surface area contributed by atoms with E-state index in [0.717, 1.165) is 11.3 Å². The van der Waals surface area contributed by atoms with Crippen LogP contribution >= 0.6 is 0 Å². The first-order chi connectivity index (χ1) is 10.2. The average molecular weight is 291 g/mol. The van der Waals surface area contributed by atoms with E-state index in [-0.39, 0.29) is 11.9 Å². The third-order valence-corrected chi connectivity index (χ3v) is 3.46. The van der Waals surface area contributed by atoms with Crippen LogP contribution in [0.1, 0.15) is 12.0 Å². The summed E-state index contributed by atoms with van der Waals surface area (Å²) in [4.78, 5) is 24.8. The Bertz CT molecular complexity index is 505. The van der Waals surface area contributed by atoms with Crippen LogP contribution in [-0.4, -0.2) is 50.1 Å². The van der Waals surface area contributed by atoms with Gasteiger partial charge < -0.3 is 20.3 Å². The fraction of sp³-hybridized carbons (Fsp3) is 0.467. The second-order valence-corrected chi connectivity index (χ2v) is 4.88. The number of nitrogens with one attached hydrogen (secondary N) is 2. The van der Waals surface area contributed by atoms with E-state index in [4.69, 9.17) is 4.74 Å². The van der Waals surface area contributed by atoms with Crippen molar-refractivity contribution in [2.45, 2.75) is 12.8 Å². The van der Waals surface area contributed by atoms with Gasteiger partial charge in [-0.1, -0.05) is 18.2 Å². The molecular formula is C15H21N3O3. The van der Waals surface area contributed by atoms with Crippen LogP contribution in [-0.2, 0) is 11.2 Å². The Labute approximate surface area is 124 Å². The molecule has 6 nitrogen and oxygen atoms in total. The number of ether oxygens (including phenoxy) is 1. The number of benzene rings is 1. The average Bonchev–Trinajstić information content (AvgIpc) is 2.91. The first-order valence-corrected chi connectivity index (χ1v) is 7.12. The topological polar surface area (TPSA) is 70.7 Å². The Hall–Kier alpha value is -2.24. The van der Waals surface area contributed by atoms with E-state index in [1.165, 1.54) is 0 Å². The monoisotopic (exact) mass is 291 g/mol. The van der Waals surface area contributed by atoms with Gasteiger partial charge >= 0.3 is 6.03 Å². The minimum absolute atomic E-state index is 0.0134. The van der Waals surface area contributed by atoms with Crippen molar-refractivity contribution >= 4 is 11.9 Å². The van der Waals surface area contributed by atoms with Gasteiger partial charge in [0, 0.05) is 32.6 Å². The quantitative estimate of drug-likeness (QED) is 0.779. The molecule has 0 spiro atoms. The van der Waals surface area contributed by atoms with Crippen LogP contribution in [0.3, 0.4) is 0 Å². The molecule has 6 heteroatoms. The summed E-state index contributed by atoms with van der Waals surface area (Å²) in [7, 11) is 1.62. The van der Waals surface area contributed by atoms with Crippen molar-refractivity contribution in [2.75, 3.05) is 33.3 Å². The highest BCUT2D eigenvalue weighted by Gasteiger charge is 2.18. The van der Waals surface area contributed by atoms with Crippen molar-refractivity contribution in [3.05, 3.63) is 29.8 Å². The van der Waals surface area contributed by atoms with E-state index >= 15 is 0 Å². The second-order valence-electron chi connectivity index (χ2n) is 4.88. The van der Waals surface area contributed by atoms with Crippen LogP contribution < -0.4 is 15.4 Å². The van der Waals surface area contributed by atoms with Crippen molar-refractivity contribution < 1.29 is 14.3 Å². The van der Waals surface area contributed by atoms with E-state index in [1.807, 2.05) is 24.3 Å². The number of aryl methyl sites for hydroxylation is 1. The van der Waals surface area contributed by atoms with Crippen molar-refractivity contribution in [2.24, 2.45) is 0 Å². The molecule has 1 saturated heterocycles. The molecule has 1 aromatic carbocycles. The standard InChI is InChI=1S/C15H21N3O3/c1-21-13-5-3-2-4-12(13)6-7-14(19)16-8-10-18-11-9-17-15(18)20/h2-5H,6-11H2,1H3,(H,16,19)(H,17,20). The highest BCUT2D eigenvalue weighted by atomic mass is 16.5. The molecule has 1 heterocycles. The molecule has 0 saturated carbocycles. The molecule has 1 aliphatic heterocycles. The third kappa shape index (κ3) is 4.37. The van der Waals surface area contributed by atoms with E-state index in [0.29, 0.717) is 39.0 Å². The van der Waals surface area contributed by atoms with Gasteiger partial charge in [0.05, 0.1) is 7.11 Å². The lowest BCUT2D eigenvalue weighted by atomic mass is 10.1. The predicted octanol–water partition coefficient (Wildman–Crippen LogP) is 0.769. The lowest BCUT2D eigenvalue weighted by Gasteiger charge is -2.14. The maximum Gasteiger partial charge on any atom is 0.317 e. The summed E-state index contributed by atoms with van der Waals surface area (Å²) in [6.45, 7) is 2.42. The third-order valence-electron chi connectivity index (χ3n) is 3.46. The Balaban J connectivity index is 1.69. The molecule has 1 aromatic rings. The first-order valence-electron chi connectivity index (χ1n) is 7.12. The zero-order valence-corrected chi connectivity index (χ0v) is 12.2. The van der Waals surface area contributed by atoms with E-state index < -0.39 is 0 Å². The fourth-order valence-corrected chi connectivity index (χ4v) is 2.30. The van der Waals surface area contributed by atoms with Crippen LogP contribution in [0.4, 0.5) is 4.79 Å². The summed E-state index contributed by atoms with van der Waals surface area (Å²) in [6.07, 6.45) is 1.05. The number of hydrogen-bond acceptors (Lipinski definition) is 3. The van der Waals surface area contributed by atoms with Crippen LogP contribution in [0.5, 0.6) is 5.75 Å². The van der Waals surface area contributed by atoms with Crippen molar-refractivity contribution in [1.29, 1.82) is 0 Å². The molecule has 1 aliphatic rings. The zero-order valence-electron chi connectivity index (χ0n) is 12.2. The smallest absolute Gasteiger partial charge is 0.317 e. The second kappa shape index (κ2) is 7.52. The number of carbonyl (C=O) groups excluding carboxylic acids is 2. The summed E-state index contributed by atoms with van der Waals surface area (Å²) >= 11 is 0. The number of nitrogens with zero attached hydrogens (tertiary/aromatic N) is 1. The molecule has 0 radical (unpaired) electrons. The summed E-state index contributed by atoms with van der Waals surface area (Å²) in [5.74, 6) is 0.791. The summed E-state index contributed by atoms with van der Waals surface area (Å²) < 4.78 is 5.26. The molecule has 3 amide bonds. The Kier molecular flexibility index (Phi) is 5.43. The number of urea groups is 1. The van der Waals surface area contributed by atoms with Gasteiger partial charge in [0.2, 0.25) is 5.91 Å². The molecule has 0 aromatic heterocycles. The summed E-state index contributed by atoms with van der Waals surface area (Å²) in [5, 5.41) is 5.56. The van der Waals surface area contributed by atoms with Gasteiger partial charge in [0.1, 0.15) is 5.75 Å². The number of carbonyl (C=O) groups is 2. The molecule has 0 aliphatic carbocycles. The highest BCUT2D eigenvalue weighted by molar-refractivity contribution is 5.77. The Morgan fingerprint density at radius 3 is 2.95 bits per heavy atom. The van der Waals surface area contributed by atoms with Crippen molar-refractivity contribution in [3.63, 3.8) is 0 Å². The van der Waals surface area contributed by atoms with Gasteiger partial charge in [-0.25, -0.2) is 4.79 Å². The number of rotatable bonds is 7. The maximum atomic E-state index is 11.8. The molecule has 21 heavy (non-hydrogen) atoms. The number of para-hydroxylation sites is 1. The van der Waals surface area contributed by atoms with Crippen molar-refractivity contribution in [1.82, 2.24) is 15.5 Å². The highest BCUT2D eigenvalue weighted by Crippen LogP contribution is 2.18. The SMILES string of the molecule is COc1ccccc1CCC(=O)NCCN1CCNC1=O. The normalized spacial score (nSPS) is 14.0. The Morgan fingerprint density at radius 1 is 1.43 bits per heavy atom. The van der Waals surface area contributed by atoms with Crippen LogP contribution in [0.15, 0.2) is 24.3 Å². The predicted molar refractivity (Wildman–Crippen MR) is 79.3 cm³/mol. The minimum atomic E-state index is -0.0572. The van der Waals surface area contributed by atoms with Gasteiger partial charge in [-0.15, -0.1) is 0 Å². The molecule has 0 bridgehead atoms. The largest absolute Gasteiger partial charge is 0.496 e. The fourth-order valence-electron chi connectivity index (χ4n) is 2.30. The zero-order chi connectivity index (χ0) is 15.1. The summed E-state index contributed by atoms with van der Waals surface area (Å²) in [5.41, 5.74) is 1.02. The van der Waals surface area contributed by atoms with Crippen molar-refractivity contribution in [3.8, 4) is 5.75 Å². The lowest BCUT2D eigenvalue weighted by molar-refractivity contribution is -0.121. The number of amides is 3. The number of hydrogen-bond donors (Lipinski definition) is 2. The number of methoxy groups -OCH3 is 1. The minimum Gasteiger partial charge on any atom is -0.496 e. The molecule has 114 valence electrons. The van der Waals surface area contributed by atoms with Crippen LogP contribution in [0.25, 0.3) is 0 Å². The molecule has 0 atom stereocenters. The van der Waals surface area contributed by atoms with Crippen LogP contribution in [0.2, 0.25) is 0 Å². The molecule has 2 rings (SSSR count). The van der Waals surface area contributed by atoms with E-state index in [2.05, 4.69) is 10.6 Å². The van der Waals surface area contributed by atoms with E-state index in [1.54, 1.807) is 12.0 Å². The van der Waals surface area contributed by atoms with Gasteiger partial charge in [-0.3, -0.25) is 4.79 Å². The Morgan fingerprint density at radius 2 is 2.24 bits per heavy atom. The van der Waals surface area contributed by atoms with Gasteiger partial charge in [-0.05, 0) is 18.1 Å². The van der Waals surface area contributed by atoms with Crippen LogP contribution in [0, 0.1) is 0 Å². The van der Waals surface area contributed by atoms with E-state index in [9.17, 15) is 9.59 Å². The van der Waals surface area contributed by atoms with Gasteiger partial charge in [0.15, 0.2) is 0 Å². The lowest BCUT2D eigenvalue weighted by Crippen LogP contribution is -2.36.